The first-order valence-electron chi connectivity index (χ1n) is 9.98. The number of anilines is 1. The number of hydrogen-bond donors (Lipinski definition) is 0. The number of aromatic nitrogens is 2. The third kappa shape index (κ3) is 4.63. The van der Waals surface area contributed by atoms with Crippen molar-refractivity contribution in [2.24, 2.45) is 0 Å². The molecule has 0 bridgehead atoms. The summed E-state index contributed by atoms with van der Waals surface area (Å²) in [5.41, 5.74) is 2.87. The van der Waals surface area contributed by atoms with Gasteiger partial charge in [-0.2, -0.15) is 0 Å². The van der Waals surface area contributed by atoms with E-state index in [1.807, 2.05) is 63.5 Å². The molecule has 0 aliphatic heterocycles. The third-order valence-corrected chi connectivity index (χ3v) is 6.44. The maximum absolute atomic E-state index is 13.4. The predicted octanol–water partition coefficient (Wildman–Crippen LogP) is 5.51. The average molecular weight is 455 g/mol. The van der Waals surface area contributed by atoms with E-state index >= 15 is 0 Å². The van der Waals surface area contributed by atoms with Gasteiger partial charge < -0.3 is 9.42 Å². The van der Waals surface area contributed by atoms with Crippen LogP contribution in [-0.4, -0.2) is 48.1 Å². The van der Waals surface area contributed by atoms with Crippen LogP contribution in [0.1, 0.15) is 22.5 Å². The average Bonchev–Trinajstić information content (AvgIpc) is 3.42. The quantitative estimate of drug-likeness (QED) is 0.368. The van der Waals surface area contributed by atoms with Gasteiger partial charge in [-0.3, -0.25) is 9.69 Å². The lowest BCUT2D eigenvalue weighted by Crippen LogP contribution is -2.33. The molecule has 8 heteroatoms. The zero-order valence-corrected chi connectivity index (χ0v) is 19.2. The van der Waals surface area contributed by atoms with Crippen molar-refractivity contribution in [1.29, 1.82) is 0 Å². The van der Waals surface area contributed by atoms with E-state index in [1.165, 1.54) is 11.3 Å². The molecule has 0 spiro atoms. The van der Waals surface area contributed by atoms with Gasteiger partial charge in [-0.15, -0.1) is 0 Å². The summed E-state index contributed by atoms with van der Waals surface area (Å²) in [4.78, 5) is 22.0. The van der Waals surface area contributed by atoms with Crippen LogP contribution in [0.15, 0.2) is 53.1 Å². The number of halogens is 1. The summed E-state index contributed by atoms with van der Waals surface area (Å²) in [6.07, 6.45) is 0.803. The van der Waals surface area contributed by atoms with Gasteiger partial charge in [0.2, 0.25) is 0 Å². The zero-order chi connectivity index (χ0) is 22.0. The largest absolute Gasteiger partial charge is 0.355 e. The zero-order valence-electron chi connectivity index (χ0n) is 17.6. The molecular weight excluding hydrogens is 432 g/mol. The molecule has 2 aromatic carbocycles. The molecule has 31 heavy (non-hydrogen) atoms. The molecule has 0 atom stereocenters. The number of rotatable bonds is 7. The van der Waals surface area contributed by atoms with Crippen LogP contribution in [0, 0.1) is 6.92 Å². The van der Waals surface area contributed by atoms with Crippen LogP contribution in [0.25, 0.3) is 21.5 Å². The number of carbonyl (C=O) groups is 1. The fourth-order valence-corrected chi connectivity index (χ4v) is 4.49. The molecular formula is C23H23ClN4O2S. The second-order valence-electron chi connectivity index (χ2n) is 7.57. The van der Waals surface area contributed by atoms with Gasteiger partial charge in [0.1, 0.15) is 0 Å². The first kappa shape index (κ1) is 21.5. The lowest BCUT2D eigenvalue weighted by molar-refractivity contribution is 0.0977. The molecule has 4 aromatic rings. The molecule has 0 saturated carbocycles. The Morgan fingerprint density at radius 1 is 1.13 bits per heavy atom. The van der Waals surface area contributed by atoms with Crippen LogP contribution in [-0.2, 0) is 0 Å². The second-order valence-corrected chi connectivity index (χ2v) is 8.99. The summed E-state index contributed by atoms with van der Waals surface area (Å²) in [6, 6.07) is 15.1. The van der Waals surface area contributed by atoms with E-state index in [0.717, 1.165) is 34.3 Å². The van der Waals surface area contributed by atoms with Crippen LogP contribution in [0.4, 0.5) is 5.13 Å². The maximum Gasteiger partial charge on any atom is 0.282 e. The number of carbonyl (C=O) groups excluding carboxylic acids is 1. The monoisotopic (exact) mass is 454 g/mol. The summed E-state index contributed by atoms with van der Waals surface area (Å²) in [5, 5.41) is 5.35. The van der Waals surface area contributed by atoms with Gasteiger partial charge in [0, 0.05) is 23.2 Å². The van der Waals surface area contributed by atoms with E-state index in [9.17, 15) is 4.79 Å². The number of thiazole rings is 1. The van der Waals surface area contributed by atoms with Gasteiger partial charge in [-0.05, 0) is 51.7 Å². The SMILES string of the molecule is Cc1c(Cl)ccc2sc(N(CCCN(C)C)C(=O)c3cc(-c4ccccc4)on3)nc12. The van der Waals surface area contributed by atoms with Crippen molar-refractivity contribution in [3.05, 3.63) is 64.8 Å². The minimum absolute atomic E-state index is 0.229. The Labute approximate surface area is 190 Å². The van der Waals surface area contributed by atoms with Crippen LogP contribution >= 0.6 is 22.9 Å². The Morgan fingerprint density at radius 2 is 1.90 bits per heavy atom. The number of nitrogens with zero attached hydrogens (tertiary/aromatic N) is 4. The van der Waals surface area contributed by atoms with E-state index in [-0.39, 0.29) is 11.6 Å². The summed E-state index contributed by atoms with van der Waals surface area (Å²) in [6.45, 7) is 3.32. The minimum Gasteiger partial charge on any atom is -0.355 e. The Morgan fingerprint density at radius 3 is 2.65 bits per heavy atom. The van der Waals surface area contributed by atoms with Crippen LogP contribution in [0.5, 0.6) is 0 Å². The Kier molecular flexibility index (Phi) is 6.36. The Bertz CT molecular complexity index is 1200. The lowest BCUT2D eigenvalue weighted by atomic mass is 10.1. The number of fused-ring (bicyclic) bond motifs is 1. The fourth-order valence-electron chi connectivity index (χ4n) is 3.29. The van der Waals surface area contributed by atoms with E-state index in [0.29, 0.717) is 22.5 Å². The number of amides is 1. The topological polar surface area (TPSA) is 62.5 Å². The van der Waals surface area contributed by atoms with Crippen molar-refractivity contribution < 1.29 is 9.32 Å². The molecule has 0 N–H and O–H groups in total. The molecule has 2 heterocycles. The molecule has 160 valence electrons. The van der Waals surface area contributed by atoms with E-state index < -0.39 is 0 Å². The van der Waals surface area contributed by atoms with Crippen LogP contribution in [0.2, 0.25) is 5.02 Å². The Hall–Kier alpha value is -2.74. The van der Waals surface area contributed by atoms with E-state index in [4.69, 9.17) is 21.1 Å². The van der Waals surface area contributed by atoms with E-state index in [1.54, 1.807) is 11.0 Å². The van der Waals surface area contributed by atoms with Crippen LogP contribution < -0.4 is 4.90 Å². The highest BCUT2D eigenvalue weighted by molar-refractivity contribution is 7.22. The molecule has 6 nitrogen and oxygen atoms in total. The standard InChI is InChI=1S/C23H23ClN4O2S/c1-15-17(24)10-11-20-21(15)25-23(31-20)28(13-7-12-27(2)3)22(29)18-14-19(30-26-18)16-8-5-4-6-9-16/h4-6,8-11,14H,7,12-13H2,1-3H3. The maximum atomic E-state index is 13.4. The highest BCUT2D eigenvalue weighted by Crippen LogP contribution is 2.34. The van der Waals surface area contributed by atoms with Crippen molar-refractivity contribution in [3.8, 4) is 11.3 Å². The molecule has 2 aromatic heterocycles. The number of hydrogen-bond acceptors (Lipinski definition) is 6. The van der Waals surface area contributed by atoms with Gasteiger partial charge in [0.25, 0.3) is 5.91 Å². The number of benzene rings is 2. The van der Waals surface area contributed by atoms with Gasteiger partial charge in [-0.25, -0.2) is 4.98 Å². The Balaban J connectivity index is 1.67. The normalized spacial score (nSPS) is 11.4. The molecule has 0 aliphatic carbocycles. The first-order chi connectivity index (χ1) is 14.9. The van der Waals surface area contributed by atoms with Gasteiger partial charge in [0.15, 0.2) is 16.6 Å². The third-order valence-electron chi connectivity index (χ3n) is 4.99. The molecule has 0 aliphatic rings. The van der Waals surface area contributed by atoms with E-state index in [2.05, 4.69) is 10.1 Å². The van der Waals surface area contributed by atoms with Crippen molar-refractivity contribution >= 4 is 44.2 Å². The minimum atomic E-state index is -0.229. The molecule has 0 unspecified atom stereocenters. The summed E-state index contributed by atoms with van der Waals surface area (Å²) in [7, 11) is 4.03. The van der Waals surface area contributed by atoms with Crippen molar-refractivity contribution in [2.45, 2.75) is 13.3 Å². The second kappa shape index (κ2) is 9.18. The number of aryl methyl sites for hydroxylation is 1. The smallest absolute Gasteiger partial charge is 0.282 e. The van der Waals surface area contributed by atoms with Crippen LogP contribution in [0.3, 0.4) is 0 Å². The predicted molar refractivity (Wildman–Crippen MR) is 126 cm³/mol. The highest BCUT2D eigenvalue weighted by atomic mass is 35.5. The molecule has 0 radical (unpaired) electrons. The van der Waals surface area contributed by atoms with Gasteiger partial charge in [-0.1, -0.05) is 58.4 Å². The summed E-state index contributed by atoms with van der Waals surface area (Å²) >= 11 is 7.75. The lowest BCUT2D eigenvalue weighted by Gasteiger charge is -2.19. The van der Waals surface area contributed by atoms with Crippen molar-refractivity contribution in [1.82, 2.24) is 15.0 Å². The van der Waals surface area contributed by atoms with Crippen molar-refractivity contribution in [3.63, 3.8) is 0 Å². The molecule has 1 amide bonds. The molecule has 0 saturated heterocycles. The molecule has 4 rings (SSSR count). The molecule has 0 fully saturated rings. The first-order valence-corrected chi connectivity index (χ1v) is 11.2. The van der Waals surface area contributed by atoms with Gasteiger partial charge >= 0.3 is 0 Å². The van der Waals surface area contributed by atoms with Gasteiger partial charge in [0.05, 0.1) is 10.2 Å². The fraction of sp³-hybridized carbons (Fsp3) is 0.261. The van der Waals surface area contributed by atoms with Crippen molar-refractivity contribution in [2.75, 3.05) is 32.1 Å². The highest BCUT2D eigenvalue weighted by Gasteiger charge is 2.25. The summed E-state index contributed by atoms with van der Waals surface area (Å²) < 4.78 is 6.45. The summed E-state index contributed by atoms with van der Waals surface area (Å²) in [5.74, 6) is 0.330.